The Kier molecular flexibility index (Phi) is 8.73. The minimum absolute atomic E-state index is 0.0317. The van der Waals surface area contributed by atoms with Crippen LogP contribution in [0.4, 0.5) is 14.5 Å². The molecule has 3 heterocycles. The second kappa shape index (κ2) is 12.1. The number of aryl methyl sites for hydroxylation is 1. The molecule has 0 unspecified atom stereocenters. The van der Waals surface area contributed by atoms with Gasteiger partial charge in [0.15, 0.2) is 20.5 Å². The SMILES string of the molecule is C=CC(=O)N1CCN(c2c(S(C)(=O)=O)c(=O)n(-c3c(C)ccnc3C(C)C)c3c(F)c(-c4c(O)cccc4F)c(Cl)cc23)C[C@H]1C. The number of phenolic OH excluding ortho intramolecular Hbond substituents is 1. The van der Waals surface area contributed by atoms with Crippen LogP contribution in [0.2, 0.25) is 5.02 Å². The van der Waals surface area contributed by atoms with Gasteiger partial charge in [-0.3, -0.25) is 19.1 Å². The zero-order valence-electron chi connectivity index (χ0n) is 25.9. The molecule has 1 saturated heterocycles. The fourth-order valence-electron chi connectivity index (χ4n) is 6.18. The van der Waals surface area contributed by atoms with Crippen LogP contribution in [-0.2, 0) is 14.6 Å². The third-order valence-electron chi connectivity index (χ3n) is 8.22. The molecule has 0 radical (unpaired) electrons. The van der Waals surface area contributed by atoms with E-state index in [4.69, 9.17) is 11.6 Å². The molecule has 1 N–H and O–H groups in total. The largest absolute Gasteiger partial charge is 0.507 e. The van der Waals surface area contributed by atoms with Crippen LogP contribution in [0.1, 0.15) is 37.9 Å². The van der Waals surface area contributed by atoms with Gasteiger partial charge in [-0.25, -0.2) is 17.2 Å². The first-order valence-corrected chi connectivity index (χ1v) is 16.8. The molecule has 0 spiro atoms. The molecular formula is C33H33ClF2N4O5S. The number of hydrogen-bond acceptors (Lipinski definition) is 7. The van der Waals surface area contributed by atoms with Gasteiger partial charge in [0.2, 0.25) is 5.91 Å². The second-order valence-electron chi connectivity index (χ2n) is 11.7. The van der Waals surface area contributed by atoms with Crippen molar-refractivity contribution in [3.05, 3.63) is 87.5 Å². The van der Waals surface area contributed by atoms with E-state index in [1.54, 1.807) is 29.7 Å². The number of amides is 1. The summed E-state index contributed by atoms with van der Waals surface area (Å²) in [4.78, 5) is 34.2. The number of carbonyl (C=O) groups is 1. The van der Waals surface area contributed by atoms with E-state index in [0.29, 0.717) is 11.3 Å². The van der Waals surface area contributed by atoms with Gasteiger partial charge in [0.1, 0.15) is 11.6 Å². The van der Waals surface area contributed by atoms with Gasteiger partial charge in [-0.15, -0.1) is 0 Å². The molecule has 4 aromatic rings. The molecule has 9 nitrogen and oxygen atoms in total. The van der Waals surface area contributed by atoms with E-state index < -0.39 is 54.8 Å². The number of hydrogen-bond donors (Lipinski definition) is 1. The third kappa shape index (κ3) is 5.43. The van der Waals surface area contributed by atoms with Crippen LogP contribution in [0.3, 0.4) is 0 Å². The number of benzene rings is 2. The highest BCUT2D eigenvalue weighted by Gasteiger charge is 2.36. The molecule has 0 bridgehead atoms. The number of aromatic hydroxyl groups is 1. The van der Waals surface area contributed by atoms with Crippen LogP contribution in [0, 0.1) is 18.6 Å². The lowest BCUT2D eigenvalue weighted by Gasteiger charge is -2.41. The van der Waals surface area contributed by atoms with Crippen LogP contribution in [-0.4, -0.2) is 65.8 Å². The summed E-state index contributed by atoms with van der Waals surface area (Å²) in [6.45, 7) is 11.0. The van der Waals surface area contributed by atoms with Crippen molar-refractivity contribution in [2.75, 3.05) is 30.8 Å². The fourth-order valence-corrected chi connectivity index (χ4v) is 7.46. The standard InChI is InChI=1S/C33H33ClF2N4O5S/c1-7-24(42)39-14-13-38(16-19(39)5)31-20-15-21(34)25(26-22(35)9-8-10-23(26)41)27(36)30(20)40(33(43)32(31)46(6,44)45)29-18(4)11-12-37-28(29)17(2)3/h7-12,15,17,19,41H,1,13-14,16H2,2-6H3/t19-/m1/s1. The molecule has 5 rings (SSSR count). The van der Waals surface area contributed by atoms with Crippen LogP contribution in [0.5, 0.6) is 5.75 Å². The van der Waals surface area contributed by atoms with Crippen molar-refractivity contribution >= 4 is 43.9 Å². The zero-order valence-corrected chi connectivity index (χ0v) is 27.5. The van der Waals surface area contributed by atoms with Crippen molar-refractivity contribution in [2.45, 2.75) is 44.6 Å². The Labute approximate surface area is 270 Å². The zero-order chi connectivity index (χ0) is 33.8. The predicted octanol–water partition coefficient (Wildman–Crippen LogP) is 5.75. The fraction of sp³-hybridized carbons (Fsp3) is 0.303. The quantitative estimate of drug-likeness (QED) is 0.260. The van der Waals surface area contributed by atoms with Gasteiger partial charge in [-0.05, 0) is 55.7 Å². The normalized spacial score (nSPS) is 15.5. The Bertz CT molecular complexity index is 2080. The molecule has 2 aromatic carbocycles. The number of phenols is 1. The number of piperazine rings is 1. The number of carbonyl (C=O) groups excluding carboxylic acids is 1. The number of aromatic nitrogens is 2. The summed E-state index contributed by atoms with van der Waals surface area (Å²) in [5.41, 5.74) is -1.45. The van der Waals surface area contributed by atoms with Crippen molar-refractivity contribution in [3.8, 4) is 22.6 Å². The molecule has 1 amide bonds. The Balaban J connectivity index is 2.02. The monoisotopic (exact) mass is 670 g/mol. The van der Waals surface area contributed by atoms with Crippen LogP contribution < -0.4 is 10.5 Å². The Morgan fingerprint density at radius 2 is 1.87 bits per heavy atom. The first-order chi connectivity index (χ1) is 21.6. The highest BCUT2D eigenvalue weighted by Crippen LogP contribution is 2.45. The smallest absolute Gasteiger partial charge is 0.276 e. The average Bonchev–Trinajstić information content (AvgIpc) is 2.97. The van der Waals surface area contributed by atoms with Crippen LogP contribution in [0.15, 0.2) is 58.9 Å². The maximum atomic E-state index is 17.3. The van der Waals surface area contributed by atoms with Crippen molar-refractivity contribution in [3.63, 3.8) is 0 Å². The van der Waals surface area contributed by atoms with Gasteiger partial charge in [0.25, 0.3) is 5.56 Å². The summed E-state index contributed by atoms with van der Waals surface area (Å²) in [6.07, 6.45) is 3.62. The number of halogens is 3. The third-order valence-corrected chi connectivity index (χ3v) is 9.63. The van der Waals surface area contributed by atoms with Gasteiger partial charge in [-0.1, -0.05) is 38.1 Å². The molecule has 2 aromatic heterocycles. The summed E-state index contributed by atoms with van der Waals surface area (Å²) in [6, 6.07) is 5.92. The molecule has 1 atom stereocenters. The molecular weight excluding hydrogens is 638 g/mol. The molecule has 1 aliphatic heterocycles. The van der Waals surface area contributed by atoms with E-state index in [1.807, 2.05) is 13.8 Å². The molecule has 0 aliphatic carbocycles. The van der Waals surface area contributed by atoms with E-state index in [2.05, 4.69) is 11.6 Å². The molecule has 1 fully saturated rings. The summed E-state index contributed by atoms with van der Waals surface area (Å²) in [5.74, 6) is -3.28. The second-order valence-corrected chi connectivity index (χ2v) is 14.1. The summed E-state index contributed by atoms with van der Waals surface area (Å²) >= 11 is 6.68. The lowest BCUT2D eigenvalue weighted by molar-refractivity contribution is -0.128. The van der Waals surface area contributed by atoms with Gasteiger partial charge in [0, 0.05) is 49.1 Å². The lowest BCUT2D eigenvalue weighted by atomic mass is 9.98. The van der Waals surface area contributed by atoms with Gasteiger partial charge in [-0.2, -0.15) is 0 Å². The molecule has 0 saturated carbocycles. The maximum Gasteiger partial charge on any atom is 0.276 e. The van der Waals surface area contributed by atoms with Crippen molar-refractivity contribution in [1.29, 1.82) is 0 Å². The number of pyridine rings is 2. The Morgan fingerprint density at radius 3 is 2.46 bits per heavy atom. The number of nitrogens with zero attached hydrogens (tertiary/aromatic N) is 4. The summed E-state index contributed by atoms with van der Waals surface area (Å²) < 4.78 is 60.5. The minimum Gasteiger partial charge on any atom is -0.507 e. The van der Waals surface area contributed by atoms with E-state index >= 15 is 8.78 Å². The van der Waals surface area contributed by atoms with E-state index in [-0.39, 0.29) is 58.8 Å². The van der Waals surface area contributed by atoms with E-state index in [1.165, 1.54) is 30.5 Å². The summed E-state index contributed by atoms with van der Waals surface area (Å²) in [5, 5.41) is 10.3. The number of rotatable bonds is 6. The number of fused-ring (bicyclic) bond motifs is 1. The first-order valence-electron chi connectivity index (χ1n) is 14.5. The predicted molar refractivity (Wildman–Crippen MR) is 175 cm³/mol. The van der Waals surface area contributed by atoms with E-state index in [9.17, 15) is 23.1 Å². The lowest BCUT2D eigenvalue weighted by Crippen LogP contribution is -2.54. The van der Waals surface area contributed by atoms with Gasteiger partial charge >= 0.3 is 0 Å². The topological polar surface area (TPSA) is 113 Å². The highest BCUT2D eigenvalue weighted by atomic mass is 35.5. The summed E-state index contributed by atoms with van der Waals surface area (Å²) in [7, 11) is -4.29. The van der Waals surface area contributed by atoms with Crippen molar-refractivity contribution in [1.82, 2.24) is 14.5 Å². The average molecular weight is 671 g/mol. The van der Waals surface area contributed by atoms with Crippen LogP contribution in [0.25, 0.3) is 27.7 Å². The molecule has 242 valence electrons. The molecule has 46 heavy (non-hydrogen) atoms. The maximum absolute atomic E-state index is 17.3. The molecule has 1 aliphatic rings. The van der Waals surface area contributed by atoms with Crippen LogP contribution >= 0.6 is 11.6 Å². The first kappa shape index (κ1) is 33.1. The Hall–Kier alpha value is -4.29. The van der Waals surface area contributed by atoms with Gasteiger partial charge < -0.3 is 14.9 Å². The minimum atomic E-state index is -4.29. The van der Waals surface area contributed by atoms with Crippen molar-refractivity contribution < 1.29 is 27.1 Å². The highest BCUT2D eigenvalue weighted by molar-refractivity contribution is 7.90. The molecule has 13 heteroatoms. The van der Waals surface area contributed by atoms with Gasteiger partial charge in [0.05, 0.1) is 33.2 Å². The Morgan fingerprint density at radius 1 is 1.17 bits per heavy atom. The number of anilines is 1. The van der Waals surface area contributed by atoms with Crippen molar-refractivity contribution in [2.24, 2.45) is 0 Å². The number of sulfone groups is 1. The van der Waals surface area contributed by atoms with E-state index in [0.717, 1.165) is 16.9 Å².